The molecule has 1 aliphatic carbocycles. The molecule has 1 saturated carbocycles. The van der Waals surface area contributed by atoms with E-state index in [0.29, 0.717) is 0 Å². The second-order valence-electron chi connectivity index (χ2n) is 8.11. The molecule has 0 saturated heterocycles. The molecule has 0 spiro atoms. The van der Waals surface area contributed by atoms with Crippen molar-refractivity contribution in [1.82, 2.24) is 4.57 Å². The fraction of sp³-hybridized carbons (Fsp3) is 0.280. The number of hydrogen-bond acceptors (Lipinski definition) is 1. The van der Waals surface area contributed by atoms with Crippen LogP contribution in [0.4, 0.5) is 0 Å². The van der Waals surface area contributed by atoms with Gasteiger partial charge in [-0.25, -0.2) is 0 Å². The normalized spacial score (nSPS) is 16.2. The first kappa shape index (κ1) is 15.3. The molecule has 3 aromatic carbocycles. The lowest BCUT2D eigenvalue weighted by molar-refractivity contribution is 0.444. The van der Waals surface area contributed by atoms with Crippen LogP contribution in [0.2, 0.25) is 0 Å². The maximum absolute atomic E-state index is 6.40. The molecule has 2 nitrogen and oxygen atoms in total. The van der Waals surface area contributed by atoms with E-state index in [1.807, 2.05) is 0 Å². The number of aryl methyl sites for hydroxylation is 1. The van der Waals surface area contributed by atoms with Gasteiger partial charge in [0, 0.05) is 34.1 Å². The van der Waals surface area contributed by atoms with Crippen molar-refractivity contribution in [2.24, 2.45) is 7.05 Å². The van der Waals surface area contributed by atoms with Crippen molar-refractivity contribution in [3.8, 4) is 0 Å². The maximum atomic E-state index is 6.40. The van der Waals surface area contributed by atoms with E-state index in [2.05, 4.69) is 66.2 Å². The van der Waals surface area contributed by atoms with E-state index >= 15 is 0 Å². The summed E-state index contributed by atoms with van der Waals surface area (Å²) in [6.45, 7) is 0. The monoisotopic (exact) mass is 353 g/mol. The number of nitrogens with zero attached hydrogens (tertiary/aromatic N) is 1. The Kier molecular flexibility index (Phi) is 3.19. The molecule has 2 aromatic heterocycles. The highest BCUT2D eigenvalue weighted by Gasteiger charge is 2.19. The zero-order valence-corrected chi connectivity index (χ0v) is 15.7. The molecule has 0 N–H and O–H groups in total. The van der Waals surface area contributed by atoms with Gasteiger partial charge in [0.2, 0.25) is 0 Å². The molecule has 0 atom stereocenters. The van der Waals surface area contributed by atoms with Crippen LogP contribution in [0.5, 0.6) is 0 Å². The Labute approximate surface area is 158 Å². The second-order valence-corrected chi connectivity index (χ2v) is 8.11. The molecular formula is C25H23NO. The average Bonchev–Trinajstić information content (AvgIpc) is 3.24. The average molecular weight is 353 g/mol. The molecule has 5 aromatic rings. The van der Waals surface area contributed by atoms with Crippen molar-refractivity contribution in [3.63, 3.8) is 0 Å². The summed E-state index contributed by atoms with van der Waals surface area (Å²) in [5.41, 5.74) is 5.96. The second kappa shape index (κ2) is 5.63. The number of hydrogen-bond donors (Lipinski definition) is 0. The summed E-state index contributed by atoms with van der Waals surface area (Å²) in [5, 5.41) is 5.06. The minimum atomic E-state index is 0.717. The molecule has 0 unspecified atom stereocenters. The van der Waals surface area contributed by atoms with Gasteiger partial charge in [0.15, 0.2) is 5.58 Å². The van der Waals surface area contributed by atoms with Crippen LogP contribution in [0, 0.1) is 0 Å². The summed E-state index contributed by atoms with van der Waals surface area (Å²) >= 11 is 0. The number of rotatable bonds is 1. The van der Waals surface area contributed by atoms with E-state index in [9.17, 15) is 0 Å². The van der Waals surface area contributed by atoms with Gasteiger partial charge in [-0.15, -0.1) is 0 Å². The third-order valence-corrected chi connectivity index (χ3v) is 6.60. The van der Waals surface area contributed by atoms with Gasteiger partial charge in [-0.3, -0.25) is 0 Å². The first-order chi connectivity index (χ1) is 13.3. The van der Waals surface area contributed by atoms with Gasteiger partial charge >= 0.3 is 0 Å². The van der Waals surface area contributed by atoms with Gasteiger partial charge in [-0.05, 0) is 48.6 Å². The minimum absolute atomic E-state index is 0.717. The molecule has 1 fully saturated rings. The lowest BCUT2D eigenvalue weighted by Crippen LogP contribution is -2.03. The van der Waals surface area contributed by atoms with Gasteiger partial charge < -0.3 is 8.98 Å². The number of aromatic nitrogens is 1. The van der Waals surface area contributed by atoms with E-state index < -0.39 is 0 Å². The molecule has 0 aliphatic heterocycles. The fourth-order valence-electron chi connectivity index (χ4n) is 5.20. The standard InChI is InChI=1S/C25H23NO/c1-26-22-10-6-5-9-18(22)19-12-13-20-21-15-17(16-7-3-2-4-8-16)11-14-23(21)27-25(20)24(19)26/h5-6,9-16H,2-4,7-8H2,1H3. The molecule has 1 aliphatic rings. The highest BCUT2D eigenvalue weighted by atomic mass is 16.3. The highest BCUT2D eigenvalue weighted by Crippen LogP contribution is 2.40. The summed E-state index contributed by atoms with van der Waals surface area (Å²) in [7, 11) is 2.14. The predicted octanol–water partition coefficient (Wildman–Crippen LogP) is 7.28. The Morgan fingerprint density at radius 1 is 0.815 bits per heavy atom. The SMILES string of the molecule is Cn1c2ccccc2c2ccc3c4cc(C5CCCCC5)ccc4oc3c21. The van der Waals surface area contributed by atoms with Crippen LogP contribution in [-0.2, 0) is 7.05 Å². The quantitative estimate of drug-likeness (QED) is 0.310. The molecule has 6 rings (SSSR count). The number of para-hydroxylation sites is 1. The van der Waals surface area contributed by atoms with Crippen molar-refractivity contribution in [2.75, 3.05) is 0 Å². The summed E-state index contributed by atoms with van der Waals surface area (Å²) in [5.74, 6) is 0.717. The van der Waals surface area contributed by atoms with Gasteiger partial charge in [0.25, 0.3) is 0 Å². The lowest BCUT2D eigenvalue weighted by atomic mass is 9.84. The lowest BCUT2D eigenvalue weighted by Gasteiger charge is -2.21. The van der Waals surface area contributed by atoms with E-state index in [4.69, 9.17) is 4.42 Å². The van der Waals surface area contributed by atoms with Gasteiger partial charge in [-0.2, -0.15) is 0 Å². The Morgan fingerprint density at radius 3 is 2.52 bits per heavy atom. The molecule has 2 heteroatoms. The number of fused-ring (bicyclic) bond motifs is 7. The summed E-state index contributed by atoms with van der Waals surface area (Å²) < 4.78 is 8.67. The third kappa shape index (κ3) is 2.13. The fourth-order valence-corrected chi connectivity index (χ4v) is 5.20. The van der Waals surface area contributed by atoms with Crippen LogP contribution in [0.25, 0.3) is 43.7 Å². The Balaban J connectivity index is 1.65. The van der Waals surface area contributed by atoms with Crippen molar-refractivity contribution >= 4 is 43.7 Å². The van der Waals surface area contributed by atoms with E-state index in [1.165, 1.54) is 70.2 Å². The van der Waals surface area contributed by atoms with Crippen LogP contribution in [0.1, 0.15) is 43.6 Å². The zero-order valence-electron chi connectivity index (χ0n) is 15.7. The van der Waals surface area contributed by atoms with Crippen LogP contribution in [0.15, 0.2) is 59.0 Å². The van der Waals surface area contributed by atoms with E-state index in [0.717, 1.165) is 17.1 Å². The molecule has 27 heavy (non-hydrogen) atoms. The molecular weight excluding hydrogens is 330 g/mol. The van der Waals surface area contributed by atoms with Crippen LogP contribution < -0.4 is 0 Å². The maximum Gasteiger partial charge on any atom is 0.159 e. The predicted molar refractivity (Wildman–Crippen MR) is 114 cm³/mol. The van der Waals surface area contributed by atoms with Crippen molar-refractivity contribution < 1.29 is 4.42 Å². The van der Waals surface area contributed by atoms with Crippen LogP contribution >= 0.6 is 0 Å². The molecule has 134 valence electrons. The topological polar surface area (TPSA) is 18.1 Å². The van der Waals surface area contributed by atoms with Gasteiger partial charge in [-0.1, -0.05) is 49.6 Å². The van der Waals surface area contributed by atoms with Crippen molar-refractivity contribution in [3.05, 3.63) is 60.2 Å². The third-order valence-electron chi connectivity index (χ3n) is 6.60. The van der Waals surface area contributed by atoms with E-state index in [1.54, 1.807) is 0 Å². The number of furan rings is 1. The summed E-state index contributed by atoms with van der Waals surface area (Å²) in [4.78, 5) is 0. The summed E-state index contributed by atoms with van der Waals surface area (Å²) in [6.07, 6.45) is 6.78. The largest absolute Gasteiger partial charge is 0.454 e. The van der Waals surface area contributed by atoms with Crippen LogP contribution in [-0.4, -0.2) is 4.57 Å². The van der Waals surface area contributed by atoms with E-state index in [-0.39, 0.29) is 0 Å². The molecule has 0 radical (unpaired) electrons. The minimum Gasteiger partial charge on any atom is -0.454 e. The van der Waals surface area contributed by atoms with Crippen LogP contribution in [0.3, 0.4) is 0 Å². The Morgan fingerprint density at radius 2 is 1.63 bits per heavy atom. The zero-order chi connectivity index (χ0) is 18.0. The summed E-state index contributed by atoms with van der Waals surface area (Å²) in [6, 6.07) is 20.0. The molecule has 0 bridgehead atoms. The smallest absolute Gasteiger partial charge is 0.159 e. The Hall–Kier alpha value is -2.74. The number of benzene rings is 3. The molecule has 2 heterocycles. The Bertz CT molecular complexity index is 1310. The first-order valence-electron chi connectivity index (χ1n) is 10.1. The van der Waals surface area contributed by atoms with Crippen molar-refractivity contribution in [2.45, 2.75) is 38.0 Å². The van der Waals surface area contributed by atoms with Gasteiger partial charge in [0.1, 0.15) is 5.58 Å². The molecule has 0 amide bonds. The first-order valence-corrected chi connectivity index (χ1v) is 10.1. The van der Waals surface area contributed by atoms with Crippen molar-refractivity contribution in [1.29, 1.82) is 0 Å². The van der Waals surface area contributed by atoms with Gasteiger partial charge in [0.05, 0.1) is 5.52 Å². The highest BCUT2D eigenvalue weighted by molar-refractivity contribution is 6.20.